The first-order valence-electron chi connectivity index (χ1n) is 6.68. The molecule has 1 aromatic rings. The smallest absolute Gasteiger partial charge is 0.0948 e. The number of rotatable bonds is 5. The topological polar surface area (TPSA) is 33.1 Å². The SMILES string of the molecule is CCn1cncc1CN(C)CC1CCNCC1. The van der Waals surface area contributed by atoms with Crippen molar-refractivity contribution >= 4 is 0 Å². The fourth-order valence-corrected chi connectivity index (χ4v) is 2.61. The number of hydrogen-bond donors (Lipinski definition) is 1. The number of nitrogens with zero attached hydrogens (tertiary/aromatic N) is 3. The first kappa shape index (κ1) is 12.6. The highest BCUT2D eigenvalue weighted by Gasteiger charge is 2.15. The molecule has 4 heteroatoms. The third-order valence-corrected chi connectivity index (χ3v) is 3.60. The number of hydrogen-bond acceptors (Lipinski definition) is 3. The van der Waals surface area contributed by atoms with E-state index in [2.05, 4.69) is 33.7 Å². The summed E-state index contributed by atoms with van der Waals surface area (Å²) in [5, 5.41) is 3.42. The molecule has 1 fully saturated rings. The molecule has 96 valence electrons. The van der Waals surface area contributed by atoms with E-state index in [0.717, 1.165) is 19.0 Å². The summed E-state index contributed by atoms with van der Waals surface area (Å²) in [6.45, 7) is 7.76. The van der Waals surface area contributed by atoms with Gasteiger partial charge in [0.05, 0.1) is 12.0 Å². The molecule has 0 saturated carbocycles. The lowest BCUT2D eigenvalue weighted by atomic mass is 9.98. The Morgan fingerprint density at radius 1 is 1.47 bits per heavy atom. The van der Waals surface area contributed by atoms with Crippen LogP contribution in [0, 0.1) is 5.92 Å². The standard InChI is InChI=1S/C13H24N4/c1-3-17-11-15-8-13(17)10-16(2)9-12-4-6-14-7-5-12/h8,11-12,14H,3-7,9-10H2,1-2H3. The van der Waals surface area contributed by atoms with E-state index in [1.807, 2.05) is 12.5 Å². The Hall–Kier alpha value is -0.870. The van der Waals surface area contributed by atoms with E-state index in [1.165, 1.54) is 38.2 Å². The molecule has 1 aliphatic heterocycles. The van der Waals surface area contributed by atoms with E-state index >= 15 is 0 Å². The van der Waals surface area contributed by atoms with Crippen LogP contribution in [0.2, 0.25) is 0 Å². The van der Waals surface area contributed by atoms with Crippen molar-refractivity contribution in [2.24, 2.45) is 5.92 Å². The lowest BCUT2D eigenvalue weighted by Gasteiger charge is -2.27. The first-order chi connectivity index (χ1) is 8.29. The van der Waals surface area contributed by atoms with Gasteiger partial charge < -0.3 is 14.8 Å². The van der Waals surface area contributed by atoms with Gasteiger partial charge in [-0.1, -0.05) is 0 Å². The van der Waals surface area contributed by atoms with E-state index in [1.54, 1.807) is 0 Å². The molecule has 0 bridgehead atoms. The van der Waals surface area contributed by atoms with Crippen LogP contribution in [0.3, 0.4) is 0 Å². The van der Waals surface area contributed by atoms with Crippen LogP contribution in [0.1, 0.15) is 25.5 Å². The Kier molecular flexibility index (Phi) is 4.57. The quantitative estimate of drug-likeness (QED) is 0.837. The van der Waals surface area contributed by atoms with E-state index in [9.17, 15) is 0 Å². The van der Waals surface area contributed by atoms with Gasteiger partial charge in [-0.25, -0.2) is 4.98 Å². The lowest BCUT2D eigenvalue weighted by molar-refractivity contribution is 0.230. The summed E-state index contributed by atoms with van der Waals surface area (Å²) in [6, 6.07) is 0. The van der Waals surface area contributed by atoms with Crippen molar-refractivity contribution in [2.75, 3.05) is 26.7 Å². The Morgan fingerprint density at radius 3 is 2.94 bits per heavy atom. The summed E-state index contributed by atoms with van der Waals surface area (Å²) in [5.74, 6) is 0.860. The van der Waals surface area contributed by atoms with Gasteiger partial charge in [0, 0.05) is 25.8 Å². The van der Waals surface area contributed by atoms with Gasteiger partial charge in [-0.15, -0.1) is 0 Å². The van der Waals surface area contributed by atoms with Crippen LogP contribution in [-0.2, 0) is 13.1 Å². The summed E-state index contributed by atoms with van der Waals surface area (Å²) < 4.78 is 2.22. The third kappa shape index (κ3) is 3.54. The molecule has 1 N–H and O–H groups in total. The van der Waals surface area contributed by atoms with Gasteiger partial charge in [0.25, 0.3) is 0 Å². The number of aryl methyl sites for hydroxylation is 1. The molecule has 2 rings (SSSR count). The van der Waals surface area contributed by atoms with E-state index < -0.39 is 0 Å². The Bertz CT molecular complexity index is 328. The van der Waals surface area contributed by atoms with Gasteiger partial charge in [0.2, 0.25) is 0 Å². The molecule has 0 atom stereocenters. The number of imidazole rings is 1. The Balaban J connectivity index is 1.82. The molecule has 4 nitrogen and oxygen atoms in total. The van der Waals surface area contributed by atoms with Crippen LogP contribution in [0.4, 0.5) is 0 Å². The fraction of sp³-hybridized carbons (Fsp3) is 0.769. The van der Waals surface area contributed by atoms with Crippen LogP contribution >= 0.6 is 0 Å². The Labute approximate surface area is 104 Å². The minimum absolute atomic E-state index is 0.860. The van der Waals surface area contributed by atoms with Gasteiger partial charge in [-0.3, -0.25) is 0 Å². The predicted molar refractivity (Wildman–Crippen MR) is 69.8 cm³/mol. The molecule has 2 heterocycles. The maximum atomic E-state index is 4.22. The van der Waals surface area contributed by atoms with Crippen molar-refractivity contribution in [3.8, 4) is 0 Å². The van der Waals surface area contributed by atoms with Crippen molar-refractivity contribution in [3.05, 3.63) is 18.2 Å². The second-order valence-electron chi connectivity index (χ2n) is 5.06. The van der Waals surface area contributed by atoms with Crippen LogP contribution in [0.25, 0.3) is 0 Å². The van der Waals surface area contributed by atoms with Crippen molar-refractivity contribution in [2.45, 2.75) is 32.9 Å². The molecule has 0 aliphatic carbocycles. The lowest BCUT2D eigenvalue weighted by Crippen LogP contribution is -2.34. The van der Waals surface area contributed by atoms with Crippen LogP contribution in [-0.4, -0.2) is 41.1 Å². The van der Waals surface area contributed by atoms with Crippen LogP contribution < -0.4 is 5.32 Å². The average Bonchev–Trinajstić information content (AvgIpc) is 2.77. The minimum atomic E-state index is 0.860. The summed E-state index contributed by atoms with van der Waals surface area (Å²) in [4.78, 5) is 6.65. The molecular formula is C13H24N4. The van der Waals surface area contributed by atoms with Crippen LogP contribution in [0.5, 0.6) is 0 Å². The summed E-state index contributed by atoms with van der Waals surface area (Å²) in [6.07, 6.45) is 6.55. The maximum Gasteiger partial charge on any atom is 0.0948 e. The zero-order valence-electron chi connectivity index (χ0n) is 11.0. The second kappa shape index (κ2) is 6.17. The monoisotopic (exact) mass is 236 g/mol. The predicted octanol–water partition coefficient (Wildman–Crippen LogP) is 1.33. The molecule has 1 aliphatic rings. The zero-order valence-corrected chi connectivity index (χ0v) is 11.0. The van der Waals surface area contributed by atoms with E-state index in [0.29, 0.717) is 0 Å². The second-order valence-corrected chi connectivity index (χ2v) is 5.06. The summed E-state index contributed by atoms with van der Waals surface area (Å²) in [7, 11) is 2.22. The van der Waals surface area contributed by atoms with Crippen molar-refractivity contribution in [1.29, 1.82) is 0 Å². The highest BCUT2D eigenvalue weighted by Crippen LogP contribution is 2.14. The van der Waals surface area contributed by atoms with Gasteiger partial charge >= 0.3 is 0 Å². The van der Waals surface area contributed by atoms with Crippen LogP contribution in [0.15, 0.2) is 12.5 Å². The number of nitrogens with one attached hydrogen (secondary N) is 1. The van der Waals surface area contributed by atoms with Crippen molar-refractivity contribution < 1.29 is 0 Å². The fourth-order valence-electron chi connectivity index (χ4n) is 2.61. The van der Waals surface area contributed by atoms with Gasteiger partial charge in [0.1, 0.15) is 0 Å². The molecule has 17 heavy (non-hydrogen) atoms. The van der Waals surface area contributed by atoms with Crippen molar-refractivity contribution in [1.82, 2.24) is 19.8 Å². The minimum Gasteiger partial charge on any atom is -0.334 e. The maximum absolute atomic E-state index is 4.22. The number of aromatic nitrogens is 2. The molecule has 0 aromatic carbocycles. The molecule has 1 aromatic heterocycles. The zero-order chi connectivity index (χ0) is 12.1. The van der Waals surface area contributed by atoms with E-state index in [4.69, 9.17) is 0 Å². The Morgan fingerprint density at radius 2 is 2.24 bits per heavy atom. The average molecular weight is 236 g/mol. The van der Waals surface area contributed by atoms with Gasteiger partial charge in [-0.05, 0) is 45.8 Å². The van der Waals surface area contributed by atoms with Crippen molar-refractivity contribution in [3.63, 3.8) is 0 Å². The molecular weight excluding hydrogens is 212 g/mol. The third-order valence-electron chi connectivity index (χ3n) is 3.60. The summed E-state index contributed by atoms with van der Waals surface area (Å²) in [5.41, 5.74) is 1.32. The molecule has 1 saturated heterocycles. The normalized spacial score (nSPS) is 17.8. The molecule has 0 amide bonds. The molecule has 0 spiro atoms. The highest BCUT2D eigenvalue weighted by atomic mass is 15.1. The largest absolute Gasteiger partial charge is 0.334 e. The summed E-state index contributed by atoms with van der Waals surface area (Å²) >= 11 is 0. The van der Waals surface area contributed by atoms with Gasteiger partial charge in [-0.2, -0.15) is 0 Å². The highest BCUT2D eigenvalue weighted by molar-refractivity contribution is 4.97. The molecule has 0 radical (unpaired) electrons. The van der Waals surface area contributed by atoms with E-state index in [-0.39, 0.29) is 0 Å². The first-order valence-corrected chi connectivity index (χ1v) is 6.68. The molecule has 0 unspecified atom stereocenters. The van der Waals surface area contributed by atoms with Gasteiger partial charge in [0.15, 0.2) is 0 Å². The number of piperidine rings is 1.